The summed E-state index contributed by atoms with van der Waals surface area (Å²) in [6, 6.07) is 9.59. The van der Waals surface area contributed by atoms with Crippen molar-refractivity contribution in [2.75, 3.05) is 13.6 Å². The molecule has 0 radical (unpaired) electrons. The molecule has 2 heteroatoms. The maximum Gasteiger partial charge on any atom is 0.0482 e. The van der Waals surface area contributed by atoms with Crippen LogP contribution >= 0.6 is 0 Å². The van der Waals surface area contributed by atoms with Gasteiger partial charge in [-0.2, -0.15) is 0 Å². The summed E-state index contributed by atoms with van der Waals surface area (Å²) in [4.78, 5) is 0. The Morgan fingerprint density at radius 3 is 2.76 bits per heavy atom. The molecule has 0 spiro atoms. The van der Waals surface area contributed by atoms with Crippen molar-refractivity contribution in [3.63, 3.8) is 0 Å². The summed E-state index contributed by atoms with van der Waals surface area (Å²) in [5.41, 5.74) is 2.78. The largest absolute Gasteiger partial charge is 0.345 e. The molecule has 0 fully saturated rings. The molecule has 0 aliphatic heterocycles. The third kappa shape index (κ3) is 2.70. The van der Waals surface area contributed by atoms with Crippen molar-refractivity contribution < 1.29 is 0 Å². The predicted molar refractivity (Wildman–Crippen MR) is 74.6 cm³/mol. The molecule has 1 aromatic heterocycles. The van der Waals surface area contributed by atoms with E-state index >= 15 is 0 Å². The Kier molecular flexibility index (Phi) is 3.85. The first kappa shape index (κ1) is 12.2. The molecule has 0 atom stereocenters. The molecule has 2 rings (SSSR count). The Morgan fingerprint density at radius 1 is 1.24 bits per heavy atom. The van der Waals surface area contributed by atoms with Gasteiger partial charge in [0, 0.05) is 17.8 Å². The summed E-state index contributed by atoms with van der Waals surface area (Å²) in [6.45, 7) is 5.53. The van der Waals surface area contributed by atoms with E-state index < -0.39 is 0 Å². The summed E-state index contributed by atoms with van der Waals surface area (Å²) >= 11 is 0. The molecule has 0 amide bonds. The van der Waals surface area contributed by atoms with Crippen LogP contribution in [0.5, 0.6) is 0 Å². The van der Waals surface area contributed by atoms with Crippen molar-refractivity contribution in [3.05, 3.63) is 36.0 Å². The highest BCUT2D eigenvalue weighted by molar-refractivity contribution is 5.81. The van der Waals surface area contributed by atoms with Crippen LogP contribution < -0.4 is 5.32 Å². The minimum atomic E-state index is 0.530. The van der Waals surface area contributed by atoms with Crippen LogP contribution in [0.1, 0.15) is 31.9 Å². The lowest BCUT2D eigenvalue weighted by molar-refractivity contribution is 0.623. The van der Waals surface area contributed by atoms with Crippen LogP contribution in [-0.4, -0.2) is 18.2 Å². The highest BCUT2D eigenvalue weighted by atomic mass is 15.0. The lowest BCUT2D eigenvalue weighted by atomic mass is 10.1. The minimum absolute atomic E-state index is 0.530. The monoisotopic (exact) mass is 230 g/mol. The lowest BCUT2D eigenvalue weighted by Crippen LogP contribution is -2.08. The zero-order valence-corrected chi connectivity index (χ0v) is 11.0. The van der Waals surface area contributed by atoms with Gasteiger partial charge in [-0.3, -0.25) is 0 Å². The fourth-order valence-corrected chi connectivity index (χ4v) is 2.29. The molecule has 1 heterocycles. The van der Waals surface area contributed by atoms with Gasteiger partial charge in [0.2, 0.25) is 0 Å². The van der Waals surface area contributed by atoms with Crippen LogP contribution in [0.3, 0.4) is 0 Å². The van der Waals surface area contributed by atoms with Gasteiger partial charge in [-0.05, 0) is 69.4 Å². The van der Waals surface area contributed by atoms with E-state index in [-0.39, 0.29) is 0 Å². The predicted octanol–water partition coefficient (Wildman–Crippen LogP) is 3.37. The molecule has 2 aromatic rings. The molecule has 0 unspecified atom stereocenters. The van der Waals surface area contributed by atoms with Crippen LogP contribution in [0.2, 0.25) is 0 Å². The van der Waals surface area contributed by atoms with E-state index in [4.69, 9.17) is 0 Å². The molecule has 0 saturated heterocycles. The average Bonchev–Trinajstić information content (AvgIpc) is 2.72. The van der Waals surface area contributed by atoms with Gasteiger partial charge in [-0.25, -0.2) is 0 Å². The van der Waals surface area contributed by atoms with Crippen molar-refractivity contribution in [2.24, 2.45) is 0 Å². The van der Waals surface area contributed by atoms with E-state index in [1.54, 1.807) is 0 Å². The van der Waals surface area contributed by atoms with Crippen LogP contribution in [0.25, 0.3) is 10.9 Å². The average molecular weight is 230 g/mol. The fourth-order valence-electron chi connectivity index (χ4n) is 2.29. The van der Waals surface area contributed by atoms with E-state index in [1.165, 1.54) is 22.9 Å². The third-order valence-corrected chi connectivity index (χ3v) is 3.23. The van der Waals surface area contributed by atoms with Crippen LogP contribution in [0.4, 0.5) is 0 Å². The maximum atomic E-state index is 3.19. The lowest BCUT2D eigenvalue weighted by Gasteiger charge is -2.09. The molecule has 1 aromatic carbocycles. The van der Waals surface area contributed by atoms with Crippen molar-refractivity contribution in [2.45, 2.75) is 32.7 Å². The summed E-state index contributed by atoms with van der Waals surface area (Å²) in [6.07, 6.45) is 4.54. The van der Waals surface area contributed by atoms with E-state index in [0.29, 0.717) is 6.04 Å². The van der Waals surface area contributed by atoms with Gasteiger partial charge < -0.3 is 9.88 Å². The Morgan fingerprint density at radius 2 is 2.06 bits per heavy atom. The topological polar surface area (TPSA) is 17.0 Å². The number of benzene rings is 1. The second-order valence-electron chi connectivity index (χ2n) is 4.92. The number of aryl methyl sites for hydroxylation is 1. The minimum Gasteiger partial charge on any atom is -0.345 e. The number of fused-ring (bicyclic) bond motifs is 1. The first-order valence-corrected chi connectivity index (χ1v) is 6.46. The molecule has 17 heavy (non-hydrogen) atoms. The zero-order chi connectivity index (χ0) is 12.3. The van der Waals surface area contributed by atoms with E-state index in [0.717, 1.165) is 13.0 Å². The molecule has 0 aliphatic carbocycles. The Hall–Kier alpha value is -1.28. The molecule has 0 bridgehead atoms. The molecule has 0 aliphatic rings. The standard InChI is InChI=1S/C15H22N2/c1-12(2)17-10-8-14-11-13(5-4-9-16-3)6-7-15(14)17/h6-8,10-12,16H,4-5,9H2,1-3H3. The first-order chi connectivity index (χ1) is 8.22. The summed E-state index contributed by atoms with van der Waals surface area (Å²) in [7, 11) is 2.01. The molecule has 0 saturated carbocycles. The van der Waals surface area contributed by atoms with Crippen LogP contribution in [0, 0.1) is 0 Å². The Balaban J connectivity index is 2.20. The highest BCUT2D eigenvalue weighted by Crippen LogP contribution is 2.21. The molecule has 92 valence electrons. The molecule has 2 nitrogen and oxygen atoms in total. The number of rotatable bonds is 5. The highest BCUT2D eigenvalue weighted by Gasteiger charge is 2.04. The number of nitrogens with zero attached hydrogens (tertiary/aromatic N) is 1. The number of aromatic nitrogens is 1. The van der Waals surface area contributed by atoms with E-state index in [2.05, 4.69) is 54.2 Å². The van der Waals surface area contributed by atoms with Crippen molar-refractivity contribution in [1.29, 1.82) is 0 Å². The van der Waals surface area contributed by atoms with Gasteiger partial charge in [0.1, 0.15) is 0 Å². The summed E-state index contributed by atoms with van der Waals surface area (Å²) in [5, 5.41) is 4.55. The van der Waals surface area contributed by atoms with Gasteiger partial charge >= 0.3 is 0 Å². The number of hydrogen-bond acceptors (Lipinski definition) is 1. The van der Waals surface area contributed by atoms with Gasteiger partial charge in [0.05, 0.1) is 0 Å². The smallest absolute Gasteiger partial charge is 0.0482 e. The van der Waals surface area contributed by atoms with Gasteiger partial charge in [-0.15, -0.1) is 0 Å². The number of nitrogens with one attached hydrogen (secondary N) is 1. The second-order valence-corrected chi connectivity index (χ2v) is 4.92. The van der Waals surface area contributed by atoms with E-state index in [1.807, 2.05) is 7.05 Å². The van der Waals surface area contributed by atoms with Crippen molar-refractivity contribution >= 4 is 10.9 Å². The van der Waals surface area contributed by atoms with Crippen LogP contribution in [-0.2, 0) is 6.42 Å². The molecular weight excluding hydrogens is 208 g/mol. The van der Waals surface area contributed by atoms with Crippen LogP contribution in [0.15, 0.2) is 30.5 Å². The van der Waals surface area contributed by atoms with Gasteiger partial charge in [-0.1, -0.05) is 6.07 Å². The molecular formula is C15H22N2. The zero-order valence-electron chi connectivity index (χ0n) is 11.0. The summed E-state index contributed by atoms with van der Waals surface area (Å²) < 4.78 is 2.33. The first-order valence-electron chi connectivity index (χ1n) is 6.46. The van der Waals surface area contributed by atoms with E-state index in [9.17, 15) is 0 Å². The van der Waals surface area contributed by atoms with Gasteiger partial charge in [0.15, 0.2) is 0 Å². The van der Waals surface area contributed by atoms with Crippen molar-refractivity contribution in [3.8, 4) is 0 Å². The normalized spacial score (nSPS) is 11.5. The summed E-state index contributed by atoms with van der Waals surface area (Å²) in [5.74, 6) is 0. The number of hydrogen-bond donors (Lipinski definition) is 1. The Labute approximate surface area is 104 Å². The third-order valence-electron chi connectivity index (χ3n) is 3.23. The molecule has 1 N–H and O–H groups in total. The SMILES string of the molecule is CNCCCc1ccc2c(ccn2C(C)C)c1. The van der Waals surface area contributed by atoms with Gasteiger partial charge in [0.25, 0.3) is 0 Å². The second kappa shape index (κ2) is 5.37. The Bertz CT molecular complexity index is 483. The fraction of sp³-hybridized carbons (Fsp3) is 0.467. The maximum absolute atomic E-state index is 3.19. The quantitative estimate of drug-likeness (QED) is 0.779. The van der Waals surface area contributed by atoms with Crippen molar-refractivity contribution in [1.82, 2.24) is 9.88 Å².